The molecule has 2 aliphatic heterocycles. The third-order valence-corrected chi connectivity index (χ3v) is 6.62. The second kappa shape index (κ2) is 10.3. The van der Waals surface area contributed by atoms with E-state index in [-0.39, 0.29) is 12.0 Å². The number of aromatic amines is 1. The van der Waals surface area contributed by atoms with Crippen LogP contribution in [0.4, 0.5) is 0 Å². The van der Waals surface area contributed by atoms with Crippen molar-refractivity contribution in [1.29, 1.82) is 5.26 Å². The number of nitrogens with zero attached hydrogens (tertiary/aromatic N) is 4. The van der Waals surface area contributed by atoms with Crippen molar-refractivity contribution in [3.63, 3.8) is 0 Å². The molecule has 1 atom stereocenters. The number of carbonyl (C=O) groups is 1. The number of nitriles is 1. The average molecular weight is 472 g/mol. The Hall–Kier alpha value is -3.67. The predicted octanol–water partition coefficient (Wildman–Crippen LogP) is 3.45. The van der Waals surface area contributed by atoms with E-state index in [1.54, 1.807) is 11.8 Å². The molecule has 8 heteroatoms. The fourth-order valence-corrected chi connectivity index (χ4v) is 4.65. The van der Waals surface area contributed by atoms with Crippen LogP contribution in [-0.2, 0) is 9.53 Å². The first kappa shape index (κ1) is 23.1. The van der Waals surface area contributed by atoms with Crippen LogP contribution in [0.1, 0.15) is 24.5 Å². The van der Waals surface area contributed by atoms with Crippen molar-refractivity contribution in [2.75, 3.05) is 45.9 Å². The minimum absolute atomic E-state index is 0.0511. The zero-order valence-electron chi connectivity index (χ0n) is 19.9. The van der Waals surface area contributed by atoms with E-state index in [4.69, 9.17) is 9.47 Å². The highest BCUT2D eigenvalue weighted by atomic mass is 16.5. The summed E-state index contributed by atoms with van der Waals surface area (Å²) in [7, 11) is 0. The average Bonchev–Trinajstić information content (AvgIpc) is 3.52. The maximum atomic E-state index is 11.6. The minimum Gasteiger partial charge on any atom is -0.487 e. The number of carbonyl (C=O) groups excluding carboxylic acids is 1. The second-order valence-electron chi connectivity index (χ2n) is 9.00. The molecule has 3 aromatic rings. The molecule has 1 N–H and O–H groups in total. The van der Waals surface area contributed by atoms with Crippen molar-refractivity contribution >= 4 is 23.0 Å². The molecule has 2 aromatic heterocycles. The topological polar surface area (TPSA) is 94.5 Å². The molecule has 0 unspecified atom stereocenters. The molecular weight excluding hydrogens is 442 g/mol. The van der Waals surface area contributed by atoms with Crippen LogP contribution < -0.4 is 4.74 Å². The van der Waals surface area contributed by atoms with Gasteiger partial charge in [0.1, 0.15) is 23.6 Å². The SMILES string of the molecule is CC(=O)N1CC[C@@H](Oc2ccc(-c3c[nH]c4ncc(C=CCN5CCOCC5)cc34)cc2C#N)C1. The van der Waals surface area contributed by atoms with E-state index in [9.17, 15) is 10.1 Å². The second-order valence-corrected chi connectivity index (χ2v) is 9.00. The number of fused-ring (bicyclic) bond motifs is 1. The summed E-state index contributed by atoms with van der Waals surface area (Å²) in [5.41, 5.74) is 4.23. The van der Waals surface area contributed by atoms with Gasteiger partial charge >= 0.3 is 0 Å². The summed E-state index contributed by atoms with van der Waals surface area (Å²) in [5.74, 6) is 0.603. The van der Waals surface area contributed by atoms with Crippen LogP contribution in [0.25, 0.3) is 28.2 Å². The minimum atomic E-state index is -0.0963. The molecule has 0 saturated carbocycles. The standard InChI is InChI=1S/C27H29N5O3/c1-19(33)32-8-6-23(18-32)35-26-5-4-21(14-22(26)15-28)25-17-30-27-24(25)13-20(16-29-27)3-2-7-31-9-11-34-12-10-31/h2-5,13-14,16-17,23H,6-12,18H2,1H3,(H,29,30)/t23-/m1/s1. The molecule has 2 fully saturated rings. The first-order valence-corrected chi connectivity index (χ1v) is 12.0. The van der Waals surface area contributed by atoms with Crippen LogP contribution in [-0.4, -0.2) is 77.7 Å². The zero-order valence-corrected chi connectivity index (χ0v) is 19.9. The molecule has 180 valence electrons. The van der Waals surface area contributed by atoms with E-state index in [0.717, 1.165) is 67.0 Å². The summed E-state index contributed by atoms with van der Waals surface area (Å²) in [6, 6.07) is 10.1. The van der Waals surface area contributed by atoms with Crippen LogP contribution in [0.2, 0.25) is 0 Å². The maximum absolute atomic E-state index is 11.6. The van der Waals surface area contributed by atoms with Gasteiger partial charge in [-0.2, -0.15) is 5.26 Å². The Morgan fingerprint density at radius 2 is 2.17 bits per heavy atom. The van der Waals surface area contributed by atoms with Gasteiger partial charge < -0.3 is 19.4 Å². The molecule has 2 saturated heterocycles. The lowest BCUT2D eigenvalue weighted by Gasteiger charge is -2.25. The summed E-state index contributed by atoms with van der Waals surface area (Å²) < 4.78 is 11.5. The fourth-order valence-electron chi connectivity index (χ4n) is 4.65. The van der Waals surface area contributed by atoms with E-state index in [1.165, 1.54) is 0 Å². The molecule has 0 spiro atoms. The molecule has 5 rings (SSSR count). The van der Waals surface area contributed by atoms with Gasteiger partial charge in [0, 0.05) is 62.9 Å². The van der Waals surface area contributed by atoms with Crippen LogP contribution in [0, 0.1) is 11.3 Å². The van der Waals surface area contributed by atoms with Crippen molar-refractivity contribution < 1.29 is 14.3 Å². The van der Waals surface area contributed by atoms with Crippen LogP contribution in [0.15, 0.2) is 42.7 Å². The third kappa shape index (κ3) is 5.21. The molecule has 0 bridgehead atoms. The normalized spacial score (nSPS) is 18.9. The first-order chi connectivity index (χ1) is 17.1. The molecular formula is C27H29N5O3. The van der Waals surface area contributed by atoms with Crippen molar-refractivity contribution in [2.45, 2.75) is 19.4 Å². The number of ether oxygens (including phenoxy) is 2. The molecule has 35 heavy (non-hydrogen) atoms. The Kier molecular flexibility index (Phi) is 6.80. The number of likely N-dealkylation sites (tertiary alicyclic amines) is 1. The smallest absolute Gasteiger partial charge is 0.219 e. The first-order valence-electron chi connectivity index (χ1n) is 12.0. The van der Waals surface area contributed by atoms with Gasteiger partial charge in [-0.15, -0.1) is 0 Å². The number of pyridine rings is 1. The van der Waals surface area contributed by atoms with Gasteiger partial charge in [-0.05, 0) is 29.3 Å². The van der Waals surface area contributed by atoms with Gasteiger partial charge in [0.15, 0.2) is 0 Å². The number of hydrogen-bond acceptors (Lipinski definition) is 6. The highest BCUT2D eigenvalue weighted by Crippen LogP contribution is 2.32. The monoisotopic (exact) mass is 471 g/mol. The molecule has 0 radical (unpaired) electrons. The highest BCUT2D eigenvalue weighted by Gasteiger charge is 2.26. The Morgan fingerprint density at radius 1 is 1.31 bits per heavy atom. The lowest BCUT2D eigenvalue weighted by molar-refractivity contribution is -0.128. The zero-order chi connectivity index (χ0) is 24.2. The number of hydrogen-bond donors (Lipinski definition) is 1. The summed E-state index contributed by atoms with van der Waals surface area (Å²) in [4.78, 5) is 23.6. The van der Waals surface area contributed by atoms with E-state index in [2.05, 4.69) is 39.2 Å². The Morgan fingerprint density at radius 3 is 2.94 bits per heavy atom. The van der Waals surface area contributed by atoms with Crippen molar-refractivity contribution in [3.8, 4) is 22.9 Å². The number of nitrogens with one attached hydrogen (secondary N) is 1. The third-order valence-electron chi connectivity index (χ3n) is 6.62. The number of H-pyrrole nitrogens is 1. The van der Waals surface area contributed by atoms with Gasteiger partial charge in [0.25, 0.3) is 0 Å². The lowest BCUT2D eigenvalue weighted by atomic mass is 10.0. The summed E-state index contributed by atoms with van der Waals surface area (Å²) >= 11 is 0. The van der Waals surface area contributed by atoms with E-state index in [1.807, 2.05) is 30.6 Å². The number of benzene rings is 1. The van der Waals surface area contributed by atoms with Crippen molar-refractivity contribution in [3.05, 3.63) is 53.9 Å². The number of rotatable bonds is 6. The lowest BCUT2D eigenvalue weighted by Crippen LogP contribution is -2.36. The largest absolute Gasteiger partial charge is 0.487 e. The molecule has 1 amide bonds. The molecule has 0 aliphatic carbocycles. The van der Waals surface area contributed by atoms with Gasteiger partial charge in [-0.1, -0.05) is 18.2 Å². The van der Waals surface area contributed by atoms with E-state index >= 15 is 0 Å². The molecule has 8 nitrogen and oxygen atoms in total. The van der Waals surface area contributed by atoms with Crippen molar-refractivity contribution in [1.82, 2.24) is 19.8 Å². The Labute approximate surface area is 204 Å². The van der Waals surface area contributed by atoms with Gasteiger partial charge in [0.05, 0.1) is 25.3 Å². The van der Waals surface area contributed by atoms with Gasteiger partial charge in [-0.3, -0.25) is 9.69 Å². The molecule has 2 aliphatic rings. The fraction of sp³-hybridized carbons (Fsp3) is 0.370. The highest BCUT2D eigenvalue weighted by molar-refractivity contribution is 5.95. The number of amides is 1. The Balaban J connectivity index is 1.34. The maximum Gasteiger partial charge on any atom is 0.219 e. The predicted molar refractivity (Wildman–Crippen MR) is 134 cm³/mol. The Bertz CT molecular complexity index is 1290. The van der Waals surface area contributed by atoms with Crippen LogP contribution in [0.5, 0.6) is 5.75 Å². The van der Waals surface area contributed by atoms with Gasteiger partial charge in [0.2, 0.25) is 5.91 Å². The number of morpholine rings is 1. The summed E-state index contributed by atoms with van der Waals surface area (Å²) in [6.07, 6.45) is 8.72. The van der Waals surface area contributed by atoms with Crippen LogP contribution >= 0.6 is 0 Å². The molecule has 4 heterocycles. The van der Waals surface area contributed by atoms with Gasteiger partial charge in [-0.25, -0.2) is 4.98 Å². The summed E-state index contributed by atoms with van der Waals surface area (Å²) in [6.45, 7) is 7.20. The number of aromatic nitrogens is 2. The van der Waals surface area contributed by atoms with E-state index < -0.39 is 0 Å². The molecule has 1 aromatic carbocycles. The van der Waals surface area contributed by atoms with Crippen molar-refractivity contribution in [2.24, 2.45) is 0 Å². The summed E-state index contributed by atoms with van der Waals surface area (Å²) in [5, 5.41) is 10.8. The van der Waals surface area contributed by atoms with Crippen LogP contribution in [0.3, 0.4) is 0 Å². The van der Waals surface area contributed by atoms with E-state index in [0.29, 0.717) is 24.4 Å². The quantitative estimate of drug-likeness (QED) is 0.592.